The highest BCUT2D eigenvalue weighted by atomic mass is 16.1. The first-order chi connectivity index (χ1) is 9.19. The van der Waals surface area contributed by atoms with Crippen molar-refractivity contribution in [3.05, 3.63) is 23.9 Å². The maximum absolute atomic E-state index is 11.0. The Bertz CT molecular complexity index is 408. The average Bonchev–Trinajstić information content (AvgIpc) is 2.42. The molecule has 0 radical (unpaired) electrons. The van der Waals surface area contributed by atoms with Crippen LogP contribution in [0, 0.1) is 5.92 Å². The summed E-state index contributed by atoms with van der Waals surface area (Å²) in [5, 5.41) is 3.45. The van der Waals surface area contributed by atoms with Crippen molar-refractivity contribution < 1.29 is 4.79 Å². The molecule has 1 aromatic heterocycles. The van der Waals surface area contributed by atoms with E-state index in [1.165, 1.54) is 44.7 Å². The number of aromatic nitrogens is 1. The van der Waals surface area contributed by atoms with Gasteiger partial charge in [0.05, 0.1) is 5.56 Å². The Balaban J connectivity index is 1.83. The van der Waals surface area contributed by atoms with Crippen LogP contribution >= 0.6 is 0 Å². The first-order valence-corrected chi connectivity index (χ1v) is 7.21. The number of carbonyl (C=O) groups excluding carboxylic acids is 1. The maximum atomic E-state index is 11.0. The predicted molar refractivity (Wildman–Crippen MR) is 77.0 cm³/mol. The van der Waals surface area contributed by atoms with E-state index in [0.717, 1.165) is 11.7 Å². The zero-order valence-corrected chi connectivity index (χ0v) is 11.6. The molecule has 0 spiro atoms. The molecular weight excluding hydrogens is 238 g/mol. The number of rotatable bonds is 5. The van der Waals surface area contributed by atoms with E-state index in [1.807, 2.05) is 6.07 Å². The summed E-state index contributed by atoms with van der Waals surface area (Å²) in [6.45, 7) is 2.26. The van der Waals surface area contributed by atoms with Crippen LogP contribution < -0.4 is 11.1 Å². The number of nitrogens with one attached hydrogen (secondary N) is 1. The molecular formula is C15H23N3O. The van der Waals surface area contributed by atoms with E-state index in [2.05, 4.69) is 17.2 Å². The van der Waals surface area contributed by atoms with E-state index in [4.69, 9.17) is 5.73 Å². The zero-order chi connectivity index (χ0) is 13.7. The van der Waals surface area contributed by atoms with Crippen molar-refractivity contribution in [1.82, 2.24) is 4.98 Å². The maximum Gasteiger partial charge on any atom is 0.250 e. The minimum atomic E-state index is -0.431. The van der Waals surface area contributed by atoms with Gasteiger partial charge in [0.15, 0.2) is 0 Å². The molecule has 19 heavy (non-hydrogen) atoms. The summed E-state index contributed by atoms with van der Waals surface area (Å²) in [5.41, 5.74) is 5.65. The highest BCUT2D eigenvalue weighted by Crippen LogP contribution is 2.29. The zero-order valence-electron chi connectivity index (χ0n) is 11.6. The van der Waals surface area contributed by atoms with Gasteiger partial charge in [0.1, 0.15) is 5.82 Å². The normalized spacial score (nSPS) is 23.0. The topological polar surface area (TPSA) is 68.0 Å². The van der Waals surface area contributed by atoms with Crippen molar-refractivity contribution in [3.63, 3.8) is 0 Å². The molecule has 1 aromatic rings. The van der Waals surface area contributed by atoms with Crippen molar-refractivity contribution in [2.75, 3.05) is 5.32 Å². The summed E-state index contributed by atoms with van der Waals surface area (Å²) in [6.07, 6.45) is 9.23. The van der Waals surface area contributed by atoms with Gasteiger partial charge in [-0.3, -0.25) is 4.79 Å². The Kier molecular flexibility index (Phi) is 4.77. The lowest BCUT2D eigenvalue weighted by atomic mass is 9.83. The molecule has 4 nitrogen and oxygen atoms in total. The first-order valence-electron chi connectivity index (χ1n) is 7.21. The van der Waals surface area contributed by atoms with Gasteiger partial charge in [0, 0.05) is 12.2 Å². The van der Waals surface area contributed by atoms with E-state index in [9.17, 15) is 4.79 Å². The quantitative estimate of drug-likeness (QED) is 0.856. The van der Waals surface area contributed by atoms with E-state index >= 15 is 0 Å². The van der Waals surface area contributed by atoms with Crippen LogP contribution in [-0.2, 0) is 0 Å². The Hall–Kier alpha value is -1.58. The summed E-state index contributed by atoms with van der Waals surface area (Å²) < 4.78 is 0. The third kappa shape index (κ3) is 3.94. The van der Waals surface area contributed by atoms with Gasteiger partial charge in [-0.2, -0.15) is 0 Å². The van der Waals surface area contributed by atoms with Gasteiger partial charge in [-0.05, 0) is 43.7 Å². The largest absolute Gasteiger partial charge is 0.367 e. The van der Waals surface area contributed by atoms with Crippen LogP contribution in [0.2, 0.25) is 0 Å². The van der Waals surface area contributed by atoms with E-state index < -0.39 is 5.91 Å². The van der Waals surface area contributed by atoms with Crippen LogP contribution in [0.3, 0.4) is 0 Å². The summed E-state index contributed by atoms with van der Waals surface area (Å²) in [4.78, 5) is 15.2. The van der Waals surface area contributed by atoms with Crippen LogP contribution in [0.5, 0.6) is 0 Å². The highest BCUT2D eigenvalue weighted by molar-refractivity contribution is 5.92. The van der Waals surface area contributed by atoms with Crippen LogP contribution in [-0.4, -0.2) is 16.9 Å². The van der Waals surface area contributed by atoms with Gasteiger partial charge in [-0.15, -0.1) is 0 Å². The number of pyridine rings is 1. The van der Waals surface area contributed by atoms with Crippen LogP contribution in [0.25, 0.3) is 0 Å². The number of carbonyl (C=O) groups is 1. The molecule has 0 saturated heterocycles. The van der Waals surface area contributed by atoms with Gasteiger partial charge in [-0.25, -0.2) is 4.98 Å². The monoisotopic (exact) mass is 261 g/mol. The number of nitrogens with two attached hydrogens (primary N) is 1. The van der Waals surface area contributed by atoms with E-state index in [-0.39, 0.29) is 0 Å². The summed E-state index contributed by atoms with van der Waals surface area (Å²) in [6, 6.07) is 4.07. The fourth-order valence-corrected chi connectivity index (χ4v) is 2.84. The number of amides is 1. The van der Waals surface area contributed by atoms with E-state index in [1.54, 1.807) is 6.07 Å². The number of hydrogen-bond donors (Lipinski definition) is 2. The number of anilines is 1. The molecule has 0 bridgehead atoms. The second-order valence-corrected chi connectivity index (χ2v) is 5.45. The fourth-order valence-electron chi connectivity index (χ4n) is 2.84. The fraction of sp³-hybridized carbons (Fsp3) is 0.600. The molecule has 2 rings (SSSR count). The smallest absolute Gasteiger partial charge is 0.250 e. The lowest BCUT2D eigenvalue weighted by Crippen LogP contribution is -2.26. The van der Waals surface area contributed by atoms with Gasteiger partial charge in [0.2, 0.25) is 5.91 Å². The third-order valence-corrected chi connectivity index (χ3v) is 3.94. The molecule has 1 aliphatic rings. The SMILES string of the molecule is CCCC1CCC(Nc2ccc(C(N)=O)cn2)CC1. The molecule has 4 heteroatoms. The lowest BCUT2D eigenvalue weighted by molar-refractivity contribution is 0.1000. The molecule has 0 unspecified atom stereocenters. The number of nitrogens with zero attached hydrogens (tertiary/aromatic N) is 1. The van der Waals surface area contributed by atoms with Crippen molar-refractivity contribution in [2.45, 2.75) is 51.5 Å². The average molecular weight is 261 g/mol. The molecule has 0 atom stereocenters. The second kappa shape index (κ2) is 6.55. The highest BCUT2D eigenvalue weighted by Gasteiger charge is 2.20. The molecule has 0 aliphatic heterocycles. The van der Waals surface area contributed by atoms with Gasteiger partial charge < -0.3 is 11.1 Å². The minimum absolute atomic E-state index is 0.431. The summed E-state index contributed by atoms with van der Waals surface area (Å²) in [5.74, 6) is 1.32. The summed E-state index contributed by atoms with van der Waals surface area (Å²) in [7, 11) is 0. The second-order valence-electron chi connectivity index (χ2n) is 5.45. The molecule has 3 N–H and O–H groups in total. The lowest BCUT2D eigenvalue weighted by Gasteiger charge is -2.29. The third-order valence-electron chi connectivity index (χ3n) is 3.94. The molecule has 1 fully saturated rings. The number of hydrogen-bond acceptors (Lipinski definition) is 3. The minimum Gasteiger partial charge on any atom is -0.367 e. The van der Waals surface area contributed by atoms with Crippen molar-refractivity contribution in [1.29, 1.82) is 0 Å². The first kappa shape index (κ1) is 13.8. The Morgan fingerprint density at radius 1 is 1.37 bits per heavy atom. The van der Waals surface area contributed by atoms with Crippen molar-refractivity contribution in [2.24, 2.45) is 11.7 Å². The molecule has 0 aromatic carbocycles. The Labute approximate surface area is 114 Å². The standard InChI is InChI=1S/C15H23N3O/c1-2-3-11-4-7-13(8-5-11)18-14-9-6-12(10-17-14)15(16)19/h6,9-11,13H,2-5,7-8H2,1H3,(H2,16,19)(H,17,18). The van der Waals surface area contributed by atoms with Crippen LogP contribution in [0.15, 0.2) is 18.3 Å². The Morgan fingerprint density at radius 3 is 2.63 bits per heavy atom. The van der Waals surface area contributed by atoms with Gasteiger partial charge in [0.25, 0.3) is 0 Å². The molecule has 104 valence electrons. The van der Waals surface area contributed by atoms with Gasteiger partial charge >= 0.3 is 0 Å². The molecule has 1 saturated carbocycles. The summed E-state index contributed by atoms with van der Waals surface area (Å²) >= 11 is 0. The van der Waals surface area contributed by atoms with E-state index in [0.29, 0.717) is 11.6 Å². The molecule has 1 heterocycles. The molecule has 1 amide bonds. The van der Waals surface area contributed by atoms with Crippen molar-refractivity contribution >= 4 is 11.7 Å². The Morgan fingerprint density at radius 2 is 2.11 bits per heavy atom. The predicted octanol–water partition coefficient (Wildman–Crippen LogP) is 2.95. The number of primary amides is 1. The van der Waals surface area contributed by atoms with Gasteiger partial charge in [-0.1, -0.05) is 19.8 Å². The van der Waals surface area contributed by atoms with Crippen LogP contribution in [0.1, 0.15) is 55.8 Å². The van der Waals surface area contributed by atoms with Crippen molar-refractivity contribution in [3.8, 4) is 0 Å². The molecule has 1 aliphatic carbocycles. The van der Waals surface area contributed by atoms with Crippen LogP contribution in [0.4, 0.5) is 5.82 Å².